The molecule has 0 saturated carbocycles. The third-order valence-corrected chi connectivity index (χ3v) is 2.56. The molecular formula is C14H21NO2. The van der Waals surface area contributed by atoms with E-state index in [0.29, 0.717) is 18.9 Å². The molecule has 1 aromatic rings. The van der Waals surface area contributed by atoms with Crippen LogP contribution in [0, 0.1) is 5.92 Å². The van der Waals surface area contributed by atoms with Crippen molar-refractivity contribution in [3.05, 3.63) is 29.8 Å². The highest BCUT2D eigenvalue weighted by atomic mass is 16.5. The van der Waals surface area contributed by atoms with Crippen molar-refractivity contribution in [2.75, 3.05) is 14.2 Å². The lowest BCUT2D eigenvalue weighted by Gasteiger charge is -2.18. The van der Waals surface area contributed by atoms with Crippen molar-refractivity contribution >= 4 is 5.91 Å². The molecule has 0 saturated heterocycles. The minimum Gasteiger partial charge on any atom is -0.497 e. The van der Waals surface area contributed by atoms with E-state index in [1.54, 1.807) is 12.0 Å². The Hall–Kier alpha value is -1.51. The zero-order valence-corrected chi connectivity index (χ0v) is 11.1. The summed E-state index contributed by atoms with van der Waals surface area (Å²) < 4.78 is 5.16. The van der Waals surface area contributed by atoms with E-state index in [1.165, 1.54) is 0 Å². The lowest BCUT2D eigenvalue weighted by atomic mass is 10.1. The molecule has 0 atom stereocenters. The quantitative estimate of drug-likeness (QED) is 0.785. The highest BCUT2D eigenvalue weighted by Gasteiger charge is 2.11. The zero-order chi connectivity index (χ0) is 12.8. The van der Waals surface area contributed by atoms with Crippen LogP contribution in [-0.2, 0) is 11.3 Å². The van der Waals surface area contributed by atoms with Crippen molar-refractivity contribution in [3.8, 4) is 5.75 Å². The molecule has 0 aliphatic heterocycles. The summed E-state index contributed by atoms with van der Waals surface area (Å²) in [4.78, 5) is 13.6. The minimum absolute atomic E-state index is 0.183. The monoisotopic (exact) mass is 235 g/mol. The van der Waals surface area contributed by atoms with Gasteiger partial charge in [0.1, 0.15) is 5.75 Å². The number of amides is 1. The molecule has 0 aromatic heterocycles. The summed E-state index contributed by atoms with van der Waals surface area (Å²) in [6, 6.07) is 7.80. The first kappa shape index (κ1) is 13.6. The first-order chi connectivity index (χ1) is 8.02. The number of hydrogen-bond donors (Lipinski definition) is 0. The second kappa shape index (κ2) is 6.28. The van der Waals surface area contributed by atoms with E-state index >= 15 is 0 Å². The fraction of sp³-hybridized carbons (Fsp3) is 0.500. The smallest absolute Gasteiger partial charge is 0.222 e. The molecule has 0 spiro atoms. The number of nitrogens with zero attached hydrogens (tertiary/aromatic N) is 1. The first-order valence-electron chi connectivity index (χ1n) is 5.89. The van der Waals surface area contributed by atoms with Crippen LogP contribution in [0.25, 0.3) is 0 Å². The molecule has 3 heteroatoms. The Morgan fingerprint density at radius 2 is 2.12 bits per heavy atom. The van der Waals surface area contributed by atoms with Gasteiger partial charge in [-0.2, -0.15) is 0 Å². The van der Waals surface area contributed by atoms with Crippen LogP contribution in [-0.4, -0.2) is 25.0 Å². The fourth-order valence-corrected chi connectivity index (χ4v) is 1.64. The normalized spacial score (nSPS) is 10.4. The Bertz CT molecular complexity index is 374. The molecule has 17 heavy (non-hydrogen) atoms. The van der Waals surface area contributed by atoms with Crippen molar-refractivity contribution in [2.24, 2.45) is 5.92 Å². The number of ether oxygens (including phenoxy) is 1. The summed E-state index contributed by atoms with van der Waals surface area (Å²) in [5.41, 5.74) is 1.09. The molecule has 0 aliphatic carbocycles. The Kier molecular flexibility index (Phi) is 5.01. The van der Waals surface area contributed by atoms with Crippen molar-refractivity contribution in [1.82, 2.24) is 4.90 Å². The number of methoxy groups -OCH3 is 1. The molecule has 1 aromatic carbocycles. The summed E-state index contributed by atoms with van der Waals surface area (Å²) in [6.45, 7) is 4.73. The van der Waals surface area contributed by atoms with Crippen LogP contribution >= 0.6 is 0 Å². The number of carbonyl (C=O) groups excluding carboxylic acids is 1. The van der Waals surface area contributed by atoms with Gasteiger partial charge < -0.3 is 9.64 Å². The van der Waals surface area contributed by atoms with Gasteiger partial charge in [0.05, 0.1) is 7.11 Å². The van der Waals surface area contributed by atoms with Crippen LogP contribution in [0.2, 0.25) is 0 Å². The number of hydrogen-bond acceptors (Lipinski definition) is 2. The van der Waals surface area contributed by atoms with Crippen LogP contribution in [0.4, 0.5) is 0 Å². The van der Waals surface area contributed by atoms with E-state index in [9.17, 15) is 4.79 Å². The van der Waals surface area contributed by atoms with Gasteiger partial charge in [0.2, 0.25) is 5.91 Å². The highest BCUT2D eigenvalue weighted by molar-refractivity contribution is 5.76. The summed E-state index contributed by atoms with van der Waals surface area (Å²) in [5, 5.41) is 0. The molecule has 0 fully saturated rings. The molecule has 0 N–H and O–H groups in total. The van der Waals surface area contributed by atoms with E-state index in [2.05, 4.69) is 13.8 Å². The molecule has 0 aliphatic rings. The Balaban J connectivity index is 2.60. The predicted molar refractivity (Wildman–Crippen MR) is 68.9 cm³/mol. The van der Waals surface area contributed by atoms with Crippen molar-refractivity contribution in [3.63, 3.8) is 0 Å². The fourth-order valence-electron chi connectivity index (χ4n) is 1.64. The largest absolute Gasteiger partial charge is 0.497 e. The van der Waals surface area contributed by atoms with Gasteiger partial charge in [0.25, 0.3) is 0 Å². The van der Waals surface area contributed by atoms with E-state index in [-0.39, 0.29) is 5.91 Å². The maximum absolute atomic E-state index is 11.8. The molecule has 1 rings (SSSR count). The second-order valence-corrected chi connectivity index (χ2v) is 4.70. The third kappa shape index (κ3) is 4.47. The van der Waals surface area contributed by atoms with Gasteiger partial charge in [-0.05, 0) is 23.6 Å². The van der Waals surface area contributed by atoms with E-state index in [1.807, 2.05) is 31.3 Å². The second-order valence-electron chi connectivity index (χ2n) is 4.70. The molecule has 0 unspecified atom stereocenters. The van der Waals surface area contributed by atoms with E-state index < -0.39 is 0 Å². The Morgan fingerprint density at radius 3 is 2.71 bits per heavy atom. The molecule has 1 amide bonds. The first-order valence-corrected chi connectivity index (χ1v) is 5.89. The Labute approximate surface area is 103 Å². The van der Waals surface area contributed by atoms with Gasteiger partial charge in [-0.3, -0.25) is 4.79 Å². The SMILES string of the molecule is COc1cccc(CN(C)C(=O)CC(C)C)c1. The van der Waals surface area contributed by atoms with Crippen LogP contribution in [0.5, 0.6) is 5.75 Å². The third-order valence-electron chi connectivity index (χ3n) is 2.56. The zero-order valence-electron chi connectivity index (χ0n) is 11.1. The molecule has 94 valence electrons. The van der Waals surface area contributed by atoms with Gasteiger partial charge >= 0.3 is 0 Å². The number of carbonyl (C=O) groups is 1. The Morgan fingerprint density at radius 1 is 1.41 bits per heavy atom. The minimum atomic E-state index is 0.183. The van der Waals surface area contributed by atoms with Crippen LogP contribution in [0.3, 0.4) is 0 Å². The van der Waals surface area contributed by atoms with Gasteiger partial charge in [0.15, 0.2) is 0 Å². The van der Waals surface area contributed by atoms with Gasteiger partial charge in [-0.15, -0.1) is 0 Å². The van der Waals surface area contributed by atoms with Gasteiger partial charge in [-0.1, -0.05) is 26.0 Å². The van der Waals surface area contributed by atoms with E-state index in [0.717, 1.165) is 11.3 Å². The summed E-state index contributed by atoms with van der Waals surface area (Å²) >= 11 is 0. The highest BCUT2D eigenvalue weighted by Crippen LogP contribution is 2.14. The topological polar surface area (TPSA) is 29.5 Å². The standard InChI is InChI=1S/C14H21NO2/c1-11(2)8-14(16)15(3)10-12-6-5-7-13(9-12)17-4/h5-7,9,11H,8,10H2,1-4H3. The molecular weight excluding hydrogens is 214 g/mol. The number of benzene rings is 1. The lowest BCUT2D eigenvalue weighted by molar-refractivity contribution is -0.131. The van der Waals surface area contributed by atoms with Crippen molar-refractivity contribution < 1.29 is 9.53 Å². The predicted octanol–water partition coefficient (Wildman–Crippen LogP) is 2.70. The van der Waals surface area contributed by atoms with Gasteiger partial charge in [0, 0.05) is 20.0 Å². The molecule has 0 radical (unpaired) electrons. The van der Waals surface area contributed by atoms with Gasteiger partial charge in [-0.25, -0.2) is 0 Å². The average Bonchev–Trinajstić information content (AvgIpc) is 2.28. The van der Waals surface area contributed by atoms with Crippen molar-refractivity contribution in [2.45, 2.75) is 26.8 Å². The summed E-state index contributed by atoms with van der Waals surface area (Å²) in [7, 11) is 3.48. The van der Waals surface area contributed by atoms with E-state index in [4.69, 9.17) is 4.74 Å². The molecule has 0 bridgehead atoms. The molecule has 0 heterocycles. The number of rotatable bonds is 5. The van der Waals surface area contributed by atoms with Crippen molar-refractivity contribution in [1.29, 1.82) is 0 Å². The maximum Gasteiger partial charge on any atom is 0.222 e. The van der Waals surface area contributed by atoms with Crippen LogP contribution in [0.1, 0.15) is 25.8 Å². The van der Waals surface area contributed by atoms with Crippen LogP contribution in [0.15, 0.2) is 24.3 Å². The van der Waals surface area contributed by atoms with Crippen LogP contribution < -0.4 is 4.74 Å². The lowest BCUT2D eigenvalue weighted by Crippen LogP contribution is -2.27. The molecule has 3 nitrogen and oxygen atoms in total. The average molecular weight is 235 g/mol. The maximum atomic E-state index is 11.8. The summed E-state index contributed by atoms with van der Waals surface area (Å²) in [6.07, 6.45) is 0.598. The summed E-state index contributed by atoms with van der Waals surface area (Å²) in [5.74, 6) is 1.41.